The van der Waals surface area contributed by atoms with Crippen LogP contribution in [0.15, 0.2) is 291 Å². The van der Waals surface area contributed by atoms with Crippen LogP contribution in [-0.4, -0.2) is 25.7 Å². The number of nitrogens with zero attached hydrogens (tertiary/aromatic N) is 2. The van der Waals surface area contributed by atoms with Gasteiger partial charge in [0, 0.05) is 58.3 Å². The third-order valence-corrected chi connectivity index (χ3v) is 14.8. The van der Waals surface area contributed by atoms with Crippen molar-refractivity contribution in [1.82, 2.24) is 9.97 Å². The van der Waals surface area contributed by atoms with Gasteiger partial charge in [-0.1, -0.05) is 218 Å². The van der Waals surface area contributed by atoms with E-state index in [1.807, 2.05) is 79.1 Å². The molecule has 0 aliphatic rings. The number of aliphatic hydroxyl groups is 1. The molecule has 0 bridgehead atoms. The number of pyridine rings is 2. The number of hydrogen-bond donors (Lipinski definition) is 1. The normalized spacial score (nSPS) is 10.8. The van der Waals surface area contributed by atoms with E-state index in [1.165, 1.54) is 118 Å². The van der Waals surface area contributed by atoms with Crippen molar-refractivity contribution in [2.75, 3.05) is 0 Å². The molecule has 2 N–H and O–H groups in total. The zero-order valence-corrected chi connectivity index (χ0v) is 50.6. The molecule has 3 aromatic heterocycles. The molecule has 0 saturated carbocycles. The topological polar surface area (TPSA) is 67.4 Å². The SMILES string of the molecule is CC(=[OH+])C=C(C)O.[Ir].[Ir].[c-]1c(-c2ccccn2)sc2ccccc12.[c-]1ccccc1-c1nccc2ccccc12.c1ccc(-c2c3ccccc3c(-c3ccccc3)c3c(-c4ccccc4)c4ccccc4c(-c4ccccc4)c23)cc1. The summed E-state index contributed by atoms with van der Waals surface area (Å²) in [6.07, 6.45) is 4.94. The Morgan fingerprint density at radius 3 is 1.28 bits per heavy atom. The molecule has 0 aliphatic carbocycles. The van der Waals surface area contributed by atoms with E-state index in [4.69, 9.17) is 9.90 Å². The van der Waals surface area contributed by atoms with Crippen molar-refractivity contribution < 1.29 is 50.1 Å². The largest absolute Gasteiger partial charge is 0.512 e. The molecule has 14 aromatic rings. The standard InChI is InChI=1S/C42H28.C15H10N.C13H8NS.C5H8O2.2Ir/c1-5-17-29(18-6-1)37-33-25-13-14-26-34(33)39(31-21-9-3-10-22-31)42-40(32-23-11-4-12-24-32)36-28-16-15-27-35(36)38(41(37)42)30-19-7-2-8-20-30;1-2-7-13(8-3-1)15-14-9-5-4-6-12(14)10-11-16-15;1-2-7-12-10(5-1)9-13(15-12)11-6-3-4-8-14-11;1-4(6)3-5(2)7;;/h1-28H;1-7,9-11H;1-8H;3,6H,1-2H3;;/q;2*-1;;;/p+1. The van der Waals surface area contributed by atoms with Crippen molar-refractivity contribution in [2.24, 2.45) is 0 Å². The third-order valence-electron chi connectivity index (χ3n) is 13.7. The Bertz CT molecular complexity index is 4080. The second-order valence-electron chi connectivity index (χ2n) is 19.2. The minimum absolute atomic E-state index is 0. The van der Waals surface area contributed by atoms with Crippen LogP contribution in [-0.2, 0) is 40.2 Å². The zero-order chi connectivity index (χ0) is 54.6. The predicted molar refractivity (Wildman–Crippen MR) is 340 cm³/mol. The van der Waals surface area contributed by atoms with Gasteiger partial charge in [-0.3, -0.25) is 4.79 Å². The van der Waals surface area contributed by atoms with E-state index in [9.17, 15) is 0 Å². The number of benzene rings is 11. The molecule has 82 heavy (non-hydrogen) atoms. The van der Waals surface area contributed by atoms with Gasteiger partial charge in [-0.2, -0.15) is 0 Å². The molecule has 7 heteroatoms. The van der Waals surface area contributed by atoms with Crippen LogP contribution >= 0.6 is 11.3 Å². The van der Waals surface area contributed by atoms with Crippen LogP contribution in [0.3, 0.4) is 0 Å². The maximum atomic E-state index is 8.40. The number of fused-ring (bicyclic) bond motifs is 5. The second kappa shape index (κ2) is 27.6. The van der Waals surface area contributed by atoms with Gasteiger partial charge in [0.2, 0.25) is 0 Å². The molecule has 0 unspecified atom stereocenters. The molecule has 0 atom stereocenters. The Hall–Kier alpha value is -8.77. The first kappa shape index (κ1) is 57.9. The quantitative estimate of drug-likeness (QED) is 0.0568. The van der Waals surface area contributed by atoms with Crippen LogP contribution in [0.25, 0.3) is 120 Å². The molecular weight excluding hydrogens is 1380 g/mol. The van der Waals surface area contributed by atoms with Crippen LogP contribution in [0, 0.1) is 12.1 Å². The van der Waals surface area contributed by atoms with E-state index in [1.54, 1.807) is 11.3 Å². The van der Waals surface area contributed by atoms with Crippen LogP contribution in [0.2, 0.25) is 0 Å². The number of aliphatic hydroxyl groups excluding tert-OH is 1. The Balaban J connectivity index is 0.000000165. The second-order valence-corrected chi connectivity index (χ2v) is 20.2. The number of hydrogen-bond acceptors (Lipinski definition) is 4. The maximum Gasteiger partial charge on any atom is 0.316 e. The number of ketones is 1. The van der Waals surface area contributed by atoms with Crippen molar-refractivity contribution >= 4 is 70.3 Å². The van der Waals surface area contributed by atoms with Gasteiger partial charge >= 0.3 is 5.78 Å². The first-order chi connectivity index (χ1) is 39.4. The van der Waals surface area contributed by atoms with E-state index < -0.39 is 0 Å². The number of thiophene rings is 1. The van der Waals surface area contributed by atoms with E-state index in [0.29, 0.717) is 0 Å². The number of aromatic nitrogens is 2. The summed E-state index contributed by atoms with van der Waals surface area (Å²) in [5.74, 6) is 0.250. The number of rotatable bonds is 7. The van der Waals surface area contributed by atoms with E-state index in [0.717, 1.165) is 21.8 Å². The van der Waals surface area contributed by atoms with Gasteiger partial charge in [-0.15, -0.1) is 59.5 Å². The molecule has 14 rings (SSSR count). The molecule has 4 nitrogen and oxygen atoms in total. The summed E-state index contributed by atoms with van der Waals surface area (Å²) in [4.78, 5) is 18.3. The van der Waals surface area contributed by atoms with Crippen molar-refractivity contribution in [2.45, 2.75) is 13.8 Å². The van der Waals surface area contributed by atoms with Crippen molar-refractivity contribution in [3.8, 4) is 66.3 Å². The molecule has 0 saturated heterocycles. The molecular formula is C75H55Ir2N2O2S-. The zero-order valence-electron chi connectivity index (χ0n) is 45.0. The van der Waals surface area contributed by atoms with Crippen molar-refractivity contribution in [1.29, 1.82) is 0 Å². The summed E-state index contributed by atoms with van der Waals surface area (Å²) in [6, 6.07) is 101. The van der Waals surface area contributed by atoms with Gasteiger partial charge in [0.25, 0.3) is 0 Å². The number of carbonyl (C=O) groups excluding carboxylic acids is 1. The Kier molecular flexibility index (Phi) is 19.5. The smallest absolute Gasteiger partial charge is 0.316 e. The monoisotopic (exact) mass is 1430 g/mol. The molecule has 0 fully saturated rings. The summed E-state index contributed by atoms with van der Waals surface area (Å²) in [6.45, 7) is 3.00. The third kappa shape index (κ3) is 12.9. The van der Waals surface area contributed by atoms with Crippen molar-refractivity contribution in [3.05, 3.63) is 303 Å². The fourth-order valence-corrected chi connectivity index (χ4v) is 11.4. The average Bonchev–Trinajstić information content (AvgIpc) is 2.14. The van der Waals surface area contributed by atoms with Gasteiger partial charge in [-0.25, -0.2) is 11.3 Å². The van der Waals surface area contributed by atoms with Gasteiger partial charge in [0.05, 0.1) is 18.8 Å². The average molecular weight is 1430 g/mol. The van der Waals surface area contributed by atoms with Gasteiger partial charge in [0.15, 0.2) is 0 Å². The van der Waals surface area contributed by atoms with Crippen LogP contribution in [0.1, 0.15) is 13.8 Å². The predicted octanol–water partition coefficient (Wildman–Crippen LogP) is 20.3. The molecule has 0 aliphatic heterocycles. The minimum atomic E-state index is 0. The summed E-state index contributed by atoms with van der Waals surface area (Å²) < 4.78 is 1.26. The van der Waals surface area contributed by atoms with Gasteiger partial charge in [0.1, 0.15) is 0 Å². The number of allylic oxidation sites excluding steroid dienone is 2. The molecule has 0 spiro atoms. The molecule has 2 radical (unpaired) electrons. The molecule has 3 heterocycles. The van der Waals surface area contributed by atoms with E-state index >= 15 is 0 Å². The Morgan fingerprint density at radius 2 is 0.866 bits per heavy atom. The summed E-state index contributed by atoms with van der Waals surface area (Å²) in [7, 11) is 0. The Labute approximate surface area is 509 Å². The fraction of sp³-hybridized carbons (Fsp3) is 0.0267. The summed E-state index contributed by atoms with van der Waals surface area (Å²) in [5, 5.41) is 19.6. The van der Waals surface area contributed by atoms with E-state index in [2.05, 4.69) is 222 Å². The first-order valence-corrected chi connectivity index (χ1v) is 27.4. The molecule has 0 amide bonds. The van der Waals surface area contributed by atoms with Crippen LogP contribution in [0.4, 0.5) is 0 Å². The summed E-state index contributed by atoms with van der Waals surface area (Å²) >= 11 is 1.73. The summed E-state index contributed by atoms with van der Waals surface area (Å²) in [5.41, 5.74) is 13.1. The maximum absolute atomic E-state index is 8.40. The van der Waals surface area contributed by atoms with E-state index in [-0.39, 0.29) is 51.8 Å². The molecule has 402 valence electrons. The van der Waals surface area contributed by atoms with Gasteiger partial charge in [-0.05, 0) is 122 Å². The Morgan fingerprint density at radius 1 is 0.439 bits per heavy atom. The van der Waals surface area contributed by atoms with Crippen LogP contribution < -0.4 is 0 Å². The van der Waals surface area contributed by atoms with Crippen LogP contribution in [0.5, 0.6) is 0 Å². The fourth-order valence-electron chi connectivity index (χ4n) is 10.5. The minimum Gasteiger partial charge on any atom is -0.512 e. The van der Waals surface area contributed by atoms with Crippen molar-refractivity contribution in [3.63, 3.8) is 0 Å². The van der Waals surface area contributed by atoms with Gasteiger partial charge < -0.3 is 15.1 Å². The first-order valence-electron chi connectivity index (χ1n) is 26.6. The molecule has 11 aromatic carbocycles.